The van der Waals surface area contributed by atoms with Gasteiger partial charge in [0.25, 0.3) is 0 Å². The number of carbonyl (C=O) groups excluding carboxylic acids is 1. The van der Waals surface area contributed by atoms with E-state index in [1.807, 2.05) is 16.8 Å². The summed E-state index contributed by atoms with van der Waals surface area (Å²) in [6, 6.07) is 4.96. The summed E-state index contributed by atoms with van der Waals surface area (Å²) in [5, 5.41) is 10.3. The van der Waals surface area contributed by atoms with Crippen LogP contribution in [0, 0.1) is 0 Å². The summed E-state index contributed by atoms with van der Waals surface area (Å²) < 4.78 is 0. The zero-order valence-corrected chi connectivity index (χ0v) is 11.9. The van der Waals surface area contributed by atoms with E-state index in [1.54, 1.807) is 18.2 Å². The van der Waals surface area contributed by atoms with Gasteiger partial charge in [-0.05, 0) is 38.1 Å². The van der Waals surface area contributed by atoms with Gasteiger partial charge in [0, 0.05) is 30.2 Å². The fraction of sp³-hybridized carbons (Fsp3) is 0.500. The van der Waals surface area contributed by atoms with Crippen LogP contribution in [0.3, 0.4) is 0 Å². The molecule has 1 N–H and O–H groups in total. The number of carbonyl (C=O) groups is 1. The van der Waals surface area contributed by atoms with E-state index in [2.05, 4.69) is 0 Å². The first-order valence-electron chi connectivity index (χ1n) is 6.50. The van der Waals surface area contributed by atoms with Crippen LogP contribution >= 0.6 is 11.6 Å². The molecule has 1 saturated heterocycles. The van der Waals surface area contributed by atoms with Crippen LogP contribution in [0.15, 0.2) is 18.2 Å². The Balaban J connectivity index is 1.91. The lowest BCUT2D eigenvalue weighted by atomic mass is 10.2. The molecule has 104 valence electrons. The maximum atomic E-state index is 12.0. The number of nitrogens with zero attached hydrogens (tertiary/aromatic N) is 2. The van der Waals surface area contributed by atoms with Crippen molar-refractivity contribution < 1.29 is 9.90 Å². The van der Waals surface area contributed by atoms with Crippen molar-refractivity contribution in [2.45, 2.75) is 19.4 Å². The standard InChI is InChI=1S/C14H19ClN2O2/c1-16(10-14(19)17-6-2-3-7-17)9-11-8-12(15)4-5-13(11)18/h4-5,8,18H,2-3,6-7,9-10H2,1H3. The molecule has 1 amide bonds. The molecule has 0 aliphatic carbocycles. The highest BCUT2D eigenvalue weighted by atomic mass is 35.5. The molecular weight excluding hydrogens is 264 g/mol. The van der Waals surface area contributed by atoms with Crippen molar-refractivity contribution in [2.24, 2.45) is 0 Å². The average molecular weight is 283 g/mol. The molecule has 4 nitrogen and oxygen atoms in total. The second-order valence-corrected chi connectivity index (χ2v) is 5.47. The van der Waals surface area contributed by atoms with Gasteiger partial charge in [-0.2, -0.15) is 0 Å². The topological polar surface area (TPSA) is 43.8 Å². The monoisotopic (exact) mass is 282 g/mol. The van der Waals surface area contributed by atoms with Crippen LogP contribution in [0.4, 0.5) is 0 Å². The van der Waals surface area contributed by atoms with E-state index in [0.29, 0.717) is 18.1 Å². The molecule has 0 atom stereocenters. The number of phenols is 1. The predicted molar refractivity (Wildman–Crippen MR) is 75.3 cm³/mol. The predicted octanol–water partition coefficient (Wildman–Crippen LogP) is 2.10. The molecule has 1 fully saturated rings. The van der Waals surface area contributed by atoms with Crippen molar-refractivity contribution in [1.29, 1.82) is 0 Å². The van der Waals surface area contributed by atoms with E-state index < -0.39 is 0 Å². The van der Waals surface area contributed by atoms with Crippen LogP contribution in [-0.2, 0) is 11.3 Å². The van der Waals surface area contributed by atoms with Gasteiger partial charge < -0.3 is 10.0 Å². The molecule has 0 bridgehead atoms. The van der Waals surface area contributed by atoms with Gasteiger partial charge in [-0.1, -0.05) is 11.6 Å². The summed E-state index contributed by atoms with van der Waals surface area (Å²) in [6.07, 6.45) is 2.20. The lowest BCUT2D eigenvalue weighted by molar-refractivity contribution is -0.131. The molecule has 5 heteroatoms. The second-order valence-electron chi connectivity index (χ2n) is 5.03. The van der Waals surface area contributed by atoms with Gasteiger partial charge in [-0.15, -0.1) is 0 Å². The summed E-state index contributed by atoms with van der Waals surface area (Å²) in [4.78, 5) is 15.8. The minimum Gasteiger partial charge on any atom is -0.508 e. The summed E-state index contributed by atoms with van der Waals surface area (Å²) in [6.45, 7) is 2.61. The van der Waals surface area contributed by atoms with Crippen molar-refractivity contribution >= 4 is 17.5 Å². The third-order valence-corrected chi connectivity index (χ3v) is 3.58. The first kappa shape index (κ1) is 14.2. The fourth-order valence-electron chi connectivity index (χ4n) is 2.32. The van der Waals surface area contributed by atoms with E-state index in [4.69, 9.17) is 11.6 Å². The molecule has 0 aromatic heterocycles. The van der Waals surface area contributed by atoms with Gasteiger partial charge in [0.05, 0.1) is 6.54 Å². The van der Waals surface area contributed by atoms with Gasteiger partial charge in [0.2, 0.25) is 5.91 Å². The van der Waals surface area contributed by atoms with Crippen LogP contribution in [0.1, 0.15) is 18.4 Å². The molecule has 1 heterocycles. The number of rotatable bonds is 4. The van der Waals surface area contributed by atoms with E-state index in [1.165, 1.54) is 0 Å². The minimum absolute atomic E-state index is 0.154. The number of amides is 1. The van der Waals surface area contributed by atoms with Gasteiger partial charge in [0.1, 0.15) is 5.75 Å². The lowest BCUT2D eigenvalue weighted by Gasteiger charge is -2.21. The zero-order chi connectivity index (χ0) is 13.8. The van der Waals surface area contributed by atoms with Crippen LogP contribution in [-0.4, -0.2) is 47.5 Å². The number of benzene rings is 1. The summed E-state index contributed by atoms with van der Waals surface area (Å²) in [7, 11) is 1.87. The molecule has 1 aromatic carbocycles. The molecular formula is C14H19ClN2O2. The number of phenolic OH excluding ortho intramolecular Hbond substituents is 1. The lowest BCUT2D eigenvalue weighted by Crippen LogP contribution is -2.36. The van der Waals surface area contributed by atoms with Crippen molar-refractivity contribution in [2.75, 3.05) is 26.7 Å². The number of hydrogen-bond acceptors (Lipinski definition) is 3. The molecule has 0 unspecified atom stereocenters. The quantitative estimate of drug-likeness (QED) is 0.920. The van der Waals surface area contributed by atoms with E-state index in [9.17, 15) is 9.90 Å². The first-order chi connectivity index (χ1) is 9.06. The fourth-order valence-corrected chi connectivity index (χ4v) is 2.52. The van der Waals surface area contributed by atoms with Crippen molar-refractivity contribution in [1.82, 2.24) is 9.80 Å². The molecule has 2 rings (SSSR count). The molecule has 0 radical (unpaired) electrons. The Morgan fingerprint density at radius 1 is 1.42 bits per heavy atom. The molecule has 1 aromatic rings. The maximum Gasteiger partial charge on any atom is 0.236 e. The number of hydrogen-bond donors (Lipinski definition) is 1. The van der Waals surface area contributed by atoms with Gasteiger partial charge in [0.15, 0.2) is 0 Å². The third kappa shape index (κ3) is 3.85. The first-order valence-corrected chi connectivity index (χ1v) is 6.88. The Labute approximate surface area is 118 Å². The van der Waals surface area contributed by atoms with Crippen molar-refractivity contribution in [3.63, 3.8) is 0 Å². The van der Waals surface area contributed by atoms with Gasteiger partial charge in [-0.3, -0.25) is 9.69 Å². The van der Waals surface area contributed by atoms with Crippen LogP contribution in [0.5, 0.6) is 5.75 Å². The highest BCUT2D eigenvalue weighted by molar-refractivity contribution is 6.30. The largest absolute Gasteiger partial charge is 0.508 e. The van der Waals surface area contributed by atoms with Crippen molar-refractivity contribution in [3.8, 4) is 5.75 Å². The molecule has 19 heavy (non-hydrogen) atoms. The highest BCUT2D eigenvalue weighted by Crippen LogP contribution is 2.22. The van der Waals surface area contributed by atoms with Gasteiger partial charge in [-0.25, -0.2) is 0 Å². The van der Waals surface area contributed by atoms with Gasteiger partial charge >= 0.3 is 0 Å². The summed E-state index contributed by atoms with van der Waals surface area (Å²) >= 11 is 5.90. The third-order valence-electron chi connectivity index (χ3n) is 3.35. The maximum absolute atomic E-state index is 12.0. The SMILES string of the molecule is CN(CC(=O)N1CCCC1)Cc1cc(Cl)ccc1O. The van der Waals surface area contributed by atoms with E-state index >= 15 is 0 Å². The summed E-state index contributed by atoms with van der Waals surface area (Å²) in [5.41, 5.74) is 0.740. The summed E-state index contributed by atoms with van der Waals surface area (Å²) in [5.74, 6) is 0.367. The number of halogens is 1. The normalized spacial score (nSPS) is 15.2. The van der Waals surface area contributed by atoms with Crippen LogP contribution in [0.2, 0.25) is 5.02 Å². The Morgan fingerprint density at radius 3 is 2.79 bits per heavy atom. The Morgan fingerprint density at radius 2 is 2.11 bits per heavy atom. The smallest absolute Gasteiger partial charge is 0.236 e. The highest BCUT2D eigenvalue weighted by Gasteiger charge is 2.19. The molecule has 1 aliphatic heterocycles. The van der Waals surface area contributed by atoms with Crippen LogP contribution < -0.4 is 0 Å². The molecule has 1 aliphatic rings. The Bertz CT molecular complexity index is 459. The number of likely N-dealkylation sites (tertiary alicyclic amines) is 1. The van der Waals surface area contributed by atoms with Crippen LogP contribution in [0.25, 0.3) is 0 Å². The average Bonchev–Trinajstić information content (AvgIpc) is 2.87. The Hall–Kier alpha value is -1.26. The minimum atomic E-state index is 0.154. The van der Waals surface area contributed by atoms with E-state index in [0.717, 1.165) is 31.5 Å². The second kappa shape index (κ2) is 6.26. The molecule has 0 saturated carbocycles. The van der Waals surface area contributed by atoms with Crippen molar-refractivity contribution in [3.05, 3.63) is 28.8 Å². The Kier molecular flexibility index (Phi) is 4.66. The van der Waals surface area contributed by atoms with E-state index in [-0.39, 0.29) is 11.7 Å². The number of likely N-dealkylation sites (N-methyl/N-ethyl adjacent to an activating group) is 1. The molecule has 0 spiro atoms. The number of aromatic hydroxyl groups is 1. The zero-order valence-electron chi connectivity index (χ0n) is 11.1.